The zero-order valence-corrected chi connectivity index (χ0v) is 14.9. The van der Waals surface area contributed by atoms with Crippen LogP contribution in [-0.4, -0.2) is 25.0 Å². The highest BCUT2D eigenvalue weighted by molar-refractivity contribution is 5.90. The number of aromatic amines is 1. The van der Waals surface area contributed by atoms with Gasteiger partial charge in [0.15, 0.2) is 0 Å². The second-order valence-corrected chi connectivity index (χ2v) is 6.26. The van der Waals surface area contributed by atoms with Crippen molar-refractivity contribution in [3.05, 3.63) is 60.0 Å². The summed E-state index contributed by atoms with van der Waals surface area (Å²) in [5, 5.41) is 21.2. The van der Waals surface area contributed by atoms with Crippen LogP contribution in [0.25, 0.3) is 33.6 Å². The van der Waals surface area contributed by atoms with E-state index in [1.54, 1.807) is 17.1 Å². The number of nitrogen functional groups attached to an aromatic ring is 1. The molecule has 3 aromatic heterocycles. The van der Waals surface area contributed by atoms with Crippen LogP contribution in [0.1, 0.15) is 11.1 Å². The van der Waals surface area contributed by atoms with Crippen LogP contribution >= 0.6 is 0 Å². The topological polar surface area (TPSA) is 109 Å². The largest absolute Gasteiger partial charge is 0.383 e. The Labute approximate surface area is 156 Å². The number of pyridine rings is 1. The van der Waals surface area contributed by atoms with E-state index in [9.17, 15) is 5.26 Å². The number of nitrogens with two attached hydrogens (primary N) is 1. The Balaban J connectivity index is 2.01. The summed E-state index contributed by atoms with van der Waals surface area (Å²) in [5.41, 5.74) is 12.3. The Kier molecular flexibility index (Phi) is 3.94. The normalized spacial score (nSPS) is 10.7. The lowest BCUT2D eigenvalue weighted by Gasteiger charge is -2.14. The first-order chi connectivity index (χ1) is 13.1. The fourth-order valence-electron chi connectivity index (χ4n) is 3.27. The monoisotopic (exact) mass is 355 g/mol. The van der Waals surface area contributed by atoms with Crippen molar-refractivity contribution in [2.75, 3.05) is 5.73 Å². The lowest BCUT2D eigenvalue weighted by atomic mass is 9.92. The standard InChI is InChI=1S/C20H17N7/c1-12-17(16-10-23-26-19(16)13-6-4-3-5-7-13)15(8-21)20(22)25-18(12)14-9-24-27(2)11-14/h3-7,9-11H,1-2H3,(H2,22,25)(H,23,26). The fraction of sp³-hybridized carbons (Fsp3) is 0.100. The Morgan fingerprint density at radius 1 is 1.15 bits per heavy atom. The van der Waals surface area contributed by atoms with E-state index in [1.807, 2.05) is 50.5 Å². The number of aromatic nitrogens is 5. The molecule has 1 aromatic carbocycles. The van der Waals surface area contributed by atoms with Crippen molar-refractivity contribution in [3.63, 3.8) is 0 Å². The minimum absolute atomic E-state index is 0.192. The molecule has 132 valence electrons. The number of H-pyrrole nitrogens is 1. The van der Waals surface area contributed by atoms with E-state index in [0.717, 1.165) is 33.5 Å². The molecule has 0 fully saturated rings. The van der Waals surface area contributed by atoms with Gasteiger partial charge in [-0.1, -0.05) is 30.3 Å². The minimum Gasteiger partial charge on any atom is -0.383 e. The zero-order valence-electron chi connectivity index (χ0n) is 14.9. The minimum atomic E-state index is 0.192. The van der Waals surface area contributed by atoms with Crippen LogP contribution in [0.5, 0.6) is 0 Å². The lowest BCUT2D eigenvalue weighted by molar-refractivity contribution is 0.768. The molecule has 0 aliphatic heterocycles. The number of anilines is 1. The molecule has 27 heavy (non-hydrogen) atoms. The van der Waals surface area contributed by atoms with Gasteiger partial charge in [0.2, 0.25) is 0 Å². The first-order valence-corrected chi connectivity index (χ1v) is 8.38. The van der Waals surface area contributed by atoms with Gasteiger partial charge in [0, 0.05) is 35.5 Å². The number of nitriles is 1. The van der Waals surface area contributed by atoms with Crippen molar-refractivity contribution >= 4 is 5.82 Å². The average molecular weight is 355 g/mol. The van der Waals surface area contributed by atoms with Crippen LogP contribution in [0.15, 0.2) is 48.9 Å². The quantitative estimate of drug-likeness (QED) is 0.586. The highest BCUT2D eigenvalue weighted by Gasteiger charge is 2.22. The van der Waals surface area contributed by atoms with Crippen LogP contribution in [0.2, 0.25) is 0 Å². The van der Waals surface area contributed by atoms with Crippen LogP contribution in [0.4, 0.5) is 5.82 Å². The van der Waals surface area contributed by atoms with E-state index >= 15 is 0 Å². The molecular weight excluding hydrogens is 338 g/mol. The number of hydrogen-bond acceptors (Lipinski definition) is 5. The van der Waals surface area contributed by atoms with Gasteiger partial charge >= 0.3 is 0 Å². The van der Waals surface area contributed by atoms with Crippen molar-refractivity contribution in [1.29, 1.82) is 5.26 Å². The van der Waals surface area contributed by atoms with E-state index < -0.39 is 0 Å². The Morgan fingerprint density at radius 3 is 2.59 bits per heavy atom. The highest BCUT2D eigenvalue weighted by atomic mass is 15.2. The summed E-state index contributed by atoms with van der Waals surface area (Å²) in [6.45, 7) is 1.94. The molecule has 3 heterocycles. The van der Waals surface area contributed by atoms with Crippen LogP contribution in [0, 0.1) is 18.3 Å². The SMILES string of the molecule is Cc1c(-c2cnn(C)c2)nc(N)c(C#N)c1-c1cn[nH]c1-c1ccccc1. The second kappa shape index (κ2) is 6.42. The molecule has 4 aromatic rings. The van der Waals surface area contributed by atoms with Crippen molar-refractivity contribution in [2.45, 2.75) is 6.92 Å². The number of nitrogens with one attached hydrogen (secondary N) is 1. The lowest BCUT2D eigenvalue weighted by Crippen LogP contribution is -2.03. The summed E-state index contributed by atoms with van der Waals surface area (Å²) in [6, 6.07) is 12.1. The van der Waals surface area contributed by atoms with Gasteiger partial charge in [-0.15, -0.1) is 0 Å². The van der Waals surface area contributed by atoms with Gasteiger partial charge < -0.3 is 5.73 Å². The Bertz CT molecular complexity index is 1160. The molecule has 0 saturated carbocycles. The van der Waals surface area contributed by atoms with Gasteiger partial charge in [0.25, 0.3) is 0 Å². The molecule has 0 bridgehead atoms. The third-order valence-corrected chi connectivity index (χ3v) is 4.53. The molecule has 0 amide bonds. The molecule has 0 aliphatic rings. The molecule has 4 rings (SSSR count). The smallest absolute Gasteiger partial charge is 0.142 e. The van der Waals surface area contributed by atoms with Crippen molar-refractivity contribution in [1.82, 2.24) is 25.0 Å². The van der Waals surface area contributed by atoms with Gasteiger partial charge in [0.05, 0.1) is 23.8 Å². The molecule has 0 spiro atoms. The van der Waals surface area contributed by atoms with Crippen LogP contribution in [0.3, 0.4) is 0 Å². The molecule has 0 saturated heterocycles. The molecule has 0 atom stereocenters. The summed E-state index contributed by atoms with van der Waals surface area (Å²) in [4.78, 5) is 4.47. The molecular formula is C20H17N7. The highest BCUT2D eigenvalue weighted by Crippen LogP contribution is 2.39. The number of aryl methyl sites for hydroxylation is 1. The number of hydrogen-bond donors (Lipinski definition) is 2. The van der Waals surface area contributed by atoms with Crippen molar-refractivity contribution in [2.24, 2.45) is 7.05 Å². The molecule has 7 nitrogen and oxygen atoms in total. The Morgan fingerprint density at radius 2 is 1.93 bits per heavy atom. The van der Waals surface area contributed by atoms with Crippen molar-refractivity contribution < 1.29 is 0 Å². The van der Waals surface area contributed by atoms with E-state index in [0.29, 0.717) is 11.3 Å². The number of nitrogens with zero attached hydrogens (tertiary/aromatic N) is 5. The summed E-state index contributed by atoms with van der Waals surface area (Å²) >= 11 is 0. The molecule has 3 N–H and O–H groups in total. The van der Waals surface area contributed by atoms with Crippen molar-refractivity contribution in [3.8, 4) is 39.7 Å². The maximum Gasteiger partial charge on any atom is 0.142 e. The summed E-state index contributed by atoms with van der Waals surface area (Å²) in [6.07, 6.45) is 5.33. The summed E-state index contributed by atoms with van der Waals surface area (Å²) in [5.74, 6) is 0.192. The third-order valence-electron chi connectivity index (χ3n) is 4.53. The van der Waals surface area contributed by atoms with Gasteiger partial charge in [-0.3, -0.25) is 9.78 Å². The first-order valence-electron chi connectivity index (χ1n) is 8.38. The first kappa shape index (κ1) is 16.5. The predicted molar refractivity (Wildman–Crippen MR) is 103 cm³/mol. The Hall–Kier alpha value is -3.92. The van der Waals surface area contributed by atoms with Crippen LogP contribution < -0.4 is 5.73 Å². The van der Waals surface area contributed by atoms with Gasteiger partial charge in [0.1, 0.15) is 17.5 Å². The summed E-state index contributed by atoms with van der Waals surface area (Å²) in [7, 11) is 1.84. The average Bonchev–Trinajstić information content (AvgIpc) is 3.32. The number of benzene rings is 1. The molecule has 0 unspecified atom stereocenters. The van der Waals surface area contributed by atoms with Gasteiger partial charge in [-0.2, -0.15) is 15.5 Å². The maximum atomic E-state index is 9.73. The fourth-order valence-corrected chi connectivity index (χ4v) is 3.27. The maximum absolute atomic E-state index is 9.73. The van der Waals surface area contributed by atoms with E-state index in [1.165, 1.54) is 0 Å². The number of rotatable bonds is 3. The van der Waals surface area contributed by atoms with E-state index in [4.69, 9.17) is 5.73 Å². The predicted octanol–water partition coefficient (Wildman–Crippen LogP) is 3.30. The van der Waals surface area contributed by atoms with Gasteiger partial charge in [-0.25, -0.2) is 4.98 Å². The van der Waals surface area contributed by atoms with E-state index in [-0.39, 0.29) is 5.82 Å². The second-order valence-electron chi connectivity index (χ2n) is 6.26. The summed E-state index contributed by atoms with van der Waals surface area (Å²) < 4.78 is 1.71. The molecule has 7 heteroatoms. The zero-order chi connectivity index (χ0) is 19.0. The third kappa shape index (κ3) is 2.73. The molecule has 0 aliphatic carbocycles. The van der Waals surface area contributed by atoms with E-state index in [2.05, 4.69) is 26.3 Å². The van der Waals surface area contributed by atoms with Gasteiger partial charge in [-0.05, 0) is 12.5 Å². The molecule has 0 radical (unpaired) electrons. The van der Waals surface area contributed by atoms with Crippen LogP contribution in [-0.2, 0) is 7.05 Å².